The van der Waals surface area contributed by atoms with E-state index >= 15 is 0 Å². The van der Waals surface area contributed by atoms with Crippen molar-refractivity contribution >= 4 is 44.2 Å². The Morgan fingerprint density at radius 3 is 2.15 bits per heavy atom. The fraction of sp³-hybridized carbons (Fsp3) is 0.182. The van der Waals surface area contributed by atoms with Crippen LogP contribution < -0.4 is 0 Å². The molecule has 0 aliphatic carbocycles. The van der Waals surface area contributed by atoms with Crippen molar-refractivity contribution in [2.45, 2.75) is 39.0 Å². The Morgan fingerprint density at radius 2 is 1.35 bits per heavy atom. The maximum atomic E-state index is 4.81. The molecule has 1 heteroatoms. The van der Waals surface area contributed by atoms with E-state index in [0.717, 1.165) is 37.8 Å². The molecule has 0 amide bonds. The molecule has 5 aromatic rings. The van der Waals surface area contributed by atoms with Crippen LogP contribution in [0.2, 0.25) is 0 Å². The summed E-state index contributed by atoms with van der Waals surface area (Å²) in [4.78, 5) is 4.81. The summed E-state index contributed by atoms with van der Waals surface area (Å²) in [6.07, 6.45) is 16.3. The van der Waals surface area contributed by atoms with E-state index in [2.05, 4.69) is 110 Å². The topological polar surface area (TPSA) is 12.4 Å². The van der Waals surface area contributed by atoms with Gasteiger partial charge in [0, 0.05) is 11.6 Å². The van der Waals surface area contributed by atoms with Gasteiger partial charge in [0.05, 0.1) is 5.69 Å². The van der Waals surface area contributed by atoms with Crippen LogP contribution in [-0.4, -0.2) is 6.21 Å². The van der Waals surface area contributed by atoms with Gasteiger partial charge in [-0.25, -0.2) is 0 Å². The highest BCUT2D eigenvalue weighted by atomic mass is 14.7. The predicted molar refractivity (Wildman–Crippen MR) is 150 cm³/mol. The number of benzene rings is 5. The lowest BCUT2D eigenvalue weighted by atomic mass is 9.94. The van der Waals surface area contributed by atoms with Crippen molar-refractivity contribution in [3.05, 3.63) is 114 Å². The minimum Gasteiger partial charge on any atom is -0.256 e. The first kappa shape index (κ1) is 22.1. The van der Waals surface area contributed by atoms with Crippen molar-refractivity contribution in [3.63, 3.8) is 0 Å². The third kappa shape index (κ3) is 4.65. The van der Waals surface area contributed by atoms with E-state index in [0.29, 0.717) is 0 Å². The predicted octanol–water partition coefficient (Wildman–Crippen LogP) is 9.37. The quantitative estimate of drug-likeness (QED) is 0.0935. The molecule has 5 rings (SSSR count). The molecule has 0 saturated heterocycles. The minimum absolute atomic E-state index is 1.03. The van der Waals surface area contributed by atoms with Crippen LogP contribution in [0.1, 0.15) is 37.3 Å². The van der Waals surface area contributed by atoms with E-state index in [-0.39, 0.29) is 0 Å². The molecular formula is C33H31N. The molecule has 0 spiro atoms. The van der Waals surface area contributed by atoms with Gasteiger partial charge in [0.25, 0.3) is 0 Å². The van der Waals surface area contributed by atoms with Crippen molar-refractivity contribution in [1.29, 1.82) is 0 Å². The Morgan fingerprint density at radius 1 is 0.647 bits per heavy atom. The Kier molecular flexibility index (Phi) is 6.81. The van der Waals surface area contributed by atoms with Crippen LogP contribution >= 0.6 is 0 Å². The van der Waals surface area contributed by atoms with Crippen molar-refractivity contribution in [2.24, 2.45) is 4.99 Å². The van der Waals surface area contributed by atoms with E-state index in [1.54, 1.807) is 0 Å². The summed E-state index contributed by atoms with van der Waals surface area (Å²) in [6.45, 7) is 2.09. The van der Waals surface area contributed by atoms with Gasteiger partial charge in [-0.15, -0.1) is 0 Å². The number of hydrogen-bond donors (Lipinski definition) is 0. The molecule has 0 fully saturated rings. The average Bonchev–Trinajstić information content (AvgIpc) is 2.88. The molecule has 0 unspecified atom stereocenters. The summed E-state index contributed by atoms with van der Waals surface area (Å²) in [5, 5.41) is 7.75. The van der Waals surface area contributed by atoms with Gasteiger partial charge in [-0.2, -0.15) is 0 Å². The van der Waals surface area contributed by atoms with Crippen molar-refractivity contribution in [1.82, 2.24) is 0 Å². The van der Waals surface area contributed by atoms with Crippen LogP contribution in [0.25, 0.3) is 32.3 Å². The number of aryl methyl sites for hydroxylation is 2. The number of rotatable bonds is 9. The highest BCUT2D eigenvalue weighted by Crippen LogP contribution is 2.38. The SMILES string of the molecule is CC=CCCc1ccccc1CCC/C=C/C=Nc1ccc2ccc3cccc4ccc1c2c34. The van der Waals surface area contributed by atoms with Gasteiger partial charge in [0.1, 0.15) is 0 Å². The van der Waals surface area contributed by atoms with Crippen LogP contribution in [0.15, 0.2) is 108 Å². The molecule has 0 N–H and O–H groups in total. The molecule has 0 bridgehead atoms. The Hall–Kier alpha value is -3.71. The van der Waals surface area contributed by atoms with E-state index in [4.69, 9.17) is 4.99 Å². The highest BCUT2D eigenvalue weighted by Gasteiger charge is 2.09. The van der Waals surface area contributed by atoms with Crippen LogP contribution in [0.5, 0.6) is 0 Å². The normalized spacial score (nSPS) is 12.5. The lowest BCUT2D eigenvalue weighted by Crippen LogP contribution is -1.94. The third-order valence-corrected chi connectivity index (χ3v) is 6.69. The zero-order valence-corrected chi connectivity index (χ0v) is 19.9. The molecule has 0 radical (unpaired) electrons. The Balaban J connectivity index is 1.24. The highest BCUT2D eigenvalue weighted by molar-refractivity contribution is 6.25. The lowest BCUT2D eigenvalue weighted by molar-refractivity contribution is 0.825. The van der Waals surface area contributed by atoms with Gasteiger partial charge in [-0.1, -0.05) is 91.0 Å². The molecule has 0 heterocycles. The molecule has 0 aliphatic rings. The molecule has 5 aromatic carbocycles. The number of hydrogen-bond acceptors (Lipinski definition) is 1. The van der Waals surface area contributed by atoms with E-state index in [1.807, 2.05) is 6.21 Å². The molecule has 0 aliphatic heterocycles. The number of allylic oxidation sites excluding steroid dienone is 4. The third-order valence-electron chi connectivity index (χ3n) is 6.69. The maximum absolute atomic E-state index is 4.81. The molecule has 0 atom stereocenters. The molecular weight excluding hydrogens is 410 g/mol. The minimum atomic E-state index is 1.03. The van der Waals surface area contributed by atoms with Crippen LogP contribution in [0, 0.1) is 0 Å². The standard InChI is InChI=1S/C33H31N/c1-2-3-6-12-25-14-8-9-15-26(25)13-7-4-5-10-24-34-31-23-21-29-19-18-27-16-11-17-28-20-22-30(31)33(29)32(27)28/h2-3,5,8-11,14-24H,4,6-7,12-13H2,1H3/b3-2?,10-5+,34-24?. The molecule has 168 valence electrons. The maximum Gasteiger partial charge on any atom is 0.0708 e. The zero-order chi connectivity index (χ0) is 23.2. The number of aliphatic imine (C=N–C) groups is 1. The summed E-state index contributed by atoms with van der Waals surface area (Å²) < 4.78 is 0. The smallest absolute Gasteiger partial charge is 0.0708 e. The van der Waals surface area contributed by atoms with E-state index in [9.17, 15) is 0 Å². The first-order valence-corrected chi connectivity index (χ1v) is 12.4. The van der Waals surface area contributed by atoms with E-state index < -0.39 is 0 Å². The zero-order valence-electron chi connectivity index (χ0n) is 19.9. The van der Waals surface area contributed by atoms with Crippen LogP contribution in [0.3, 0.4) is 0 Å². The fourth-order valence-electron chi connectivity index (χ4n) is 4.97. The number of unbranched alkanes of at least 4 members (excludes halogenated alkanes) is 1. The first-order valence-electron chi connectivity index (χ1n) is 12.4. The monoisotopic (exact) mass is 441 g/mol. The molecule has 34 heavy (non-hydrogen) atoms. The Labute approximate surface area is 202 Å². The molecule has 0 saturated carbocycles. The van der Waals surface area contributed by atoms with E-state index in [1.165, 1.54) is 43.4 Å². The van der Waals surface area contributed by atoms with Gasteiger partial charge in [0.2, 0.25) is 0 Å². The average molecular weight is 442 g/mol. The number of nitrogens with zero attached hydrogens (tertiary/aromatic N) is 1. The van der Waals surface area contributed by atoms with Gasteiger partial charge in [-0.3, -0.25) is 4.99 Å². The second-order valence-corrected chi connectivity index (χ2v) is 8.92. The molecule has 1 nitrogen and oxygen atoms in total. The fourth-order valence-corrected chi connectivity index (χ4v) is 4.97. The van der Waals surface area contributed by atoms with Gasteiger partial charge < -0.3 is 0 Å². The summed E-state index contributed by atoms with van der Waals surface area (Å²) in [5.74, 6) is 0. The summed E-state index contributed by atoms with van der Waals surface area (Å²) in [7, 11) is 0. The van der Waals surface area contributed by atoms with Gasteiger partial charge in [-0.05, 0) is 89.2 Å². The van der Waals surface area contributed by atoms with Crippen molar-refractivity contribution in [2.75, 3.05) is 0 Å². The summed E-state index contributed by atoms with van der Waals surface area (Å²) in [5.41, 5.74) is 4.01. The van der Waals surface area contributed by atoms with Crippen molar-refractivity contribution < 1.29 is 0 Å². The summed E-state index contributed by atoms with van der Waals surface area (Å²) in [6, 6.07) is 28.6. The van der Waals surface area contributed by atoms with Gasteiger partial charge in [0.15, 0.2) is 0 Å². The van der Waals surface area contributed by atoms with Crippen LogP contribution in [0.4, 0.5) is 5.69 Å². The Bertz CT molecular complexity index is 1470. The largest absolute Gasteiger partial charge is 0.256 e. The molecule has 0 aromatic heterocycles. The summed E-state index contributed by atoms with van der Waals surface area (Å²) >= 11 is 0. The van der Waals surface area contributed by atoms with Gasteiger partial charge >= 0.3 is 0 Å². The lowest BCUT2D eigenvalue weighted by Gasteiger charge is -2.11. The van der Waals surface area contributed by atoms with Crippen molar-refractivity contribution in [3.8, 4) is 0 Å². The second-order valence-electron chi connectivity index (χ2n) is 8.92. The van der Waals surface area contributed by atoms with Crippen LogP contribution in [-0.2, 0) is 12.8 Å². The first-order chi connectivity index (χ1) is 16.8. The second kappa shape index (κ2) is 10.5.